The van der Waals surface area contributed by atoms with Crippen LogP contribution in [0.1, 0.15) is 41.5 Å². The highest BCUT2D eigenvalue weighted by molar-refractivity contribution is 5.88. The van der Waals surface area contributed by atoms with Crippen molar-refractivity contribution in [2.45, 2.75) is 32.3 Å². The van der Waals surface area contributed by atoms with E-state index in [1.165, 1.54) is 10.9 Å². The lowest BCUT2D eigenvalue weighted by molar-refractivity contribution is -0.135. The highest BCUT2D eigenvalue weighted by atomic mass is 16.5. The number of morpholine rings is 1. The molecule has 1 saturated heterocycles. The lowest BCUT2D eigenvalue weighted by Crippen LogP contribution is -2.41. The fourth-order valence-electron chi connectivity index (χ4n) is 4.88. The third kappa shape index (κ3) is 5.25. The van der Waals surface area contributed by atoms with E-state index in [2.05, 4.69) is 60.6 Å². The standard InChI is InChI=1S/C30H32N2O3/c1-2-23-9-6-10-26-28(20-31-30(23)26)27(19-29(33)32-15-17-34-18-16-32)24-11-13-25(14-12-24)35-21-22-7-4-3-5-8-22/h3-14,20,27,31H,2,15-19,21H2,1H3/t27-/m1/s1. The quantitative estimate of drug-likeness (QED) is 0.361. The van der Waals surface area contributed by atoms with Gasteiger partial charge in [0.1, 0.15) is 12.4 Å². The topological polar surface area (TPSA) is 54.6 Å². The fourth-order valence-corrected chi connectivity index (χ4v) is 4.88. The van der Waals surface area contributed by atoms with Gasteiger partial charge in [0.2, 0.25) is 5.91 Å². The summed E-state index contributed by atoms with van der Waals surface area (Å²) in [6.07, 6.45) is 3.47. The van der Waals surface area contributed by atoms with E-state index in [0.29, 0.717) is 39.3 Å². The van der Waals surface area contributed by atoms with Crippen LogP contribution in [0.15, 0.2) is 79.0 Å². The van der Waals surface area contributed by atoms with Crippen molar-refractivity contribution in [2.75, 3.05) is 26.3 Å². The Morgan fingerprint density at radius 1 is 1.00 bits per heavy atom. The molecule has 0 spiro atoms. The van der Waals surface area contributed by atoms with Crippen LogP contribution < -0.4 is 4.74 Å². The van der Waals surface area contributed by atoms with Crippen molar-refractivity contribution in [1.82, 2.24) is 9.88 Å². The minimum Gasteiger partial charge on any atom is -0.489 e. The van der Waals surface area contributed by atoms with Gasteiger partial charge in [-0.2, -0.15) is 0 Å². The zero-order chi connectivity index (χ0) is 24.0. The minimum absolute atomic E-state index is 0.0469. The van der Waals surface area contributed by atoms with Gasteiger partial charge in [0.25, 0.3) is 0 Å². The molecule has 5 rings (SSSR count). The van der Waals surface area contributed by atoms with Gasteiger partial charge in [-0.15, -0.1) is 0 Å². The Morgan fingerprint density at radius 2 is 1.77 bits per heavy atom. The second kappa shape index (κ2) is 10.8. The molecule has 1 atom stereocenters. The average molecular weight is 469 g/mol. The molecule has 35 heavy (non-hydrogen) atoms. The van der Waals surface area contributed by atoms with Crippen LogP contribution in [0.3, 0.4) is 0 Å². The molecule has 0 radical (unpaired) electrons. The molecule has 0 saturated carbocycles. The number of ether oxygens (including phenoxy) is 2. The van der Waals surface area contributed by atoms with E-state index in [1.807, 2.05) is 35.2 Å². The molecule has 0 unspecified atom stereocenters. The maximum atomic E-state index is 13.3. The molecule has 5 heteroatoms. The third-order valence-electron chi connectivity index (χ3n) is 6.86. The molecule has 3 aromatic carbocycles. The van der Waals surface area contributed by atoms with Crippen LogP contribution in [0.25, 0.3) is 10.9 Å². The zero-order valence-corrected chi connectivity index (χ0v) is 20.2. The zero-order valence-electron chi connectivity index (χ0n) is 20.2. The first-order chi connectivity index (χ1) is 17.2. The van der Waals surface area contributed by atoms with Gasteiger partial charge < -0.3 is 19.4 Å². The minimum atomic E-state index is -0.0469. The van der Waals surface area contributed by atoms with Crippen LogP contribution in [-0.4, -0.2) is 42.1 Å². The van der Waals surface area contributed by atoms with E-state index in [-0.39, 0.29) is 11.8 Å². The number of rotatable bonds is 8. The Labute approximate surface area is 206 Å². The summed E-state index contributed by atoms with van der Waals surface area (Å²) < 4.78 is 11.4. The molecule has 1 aromatic heterocycles. The van der Waals surface area contributed by atoms with Gasteiger partial charge in [0.15, 0.2) is 0 Å². The number of H-pyrrole nitrogens is 1. The second-order valence-corrected chi connectivity index (χ2v) is 9.03. The van der Waals surface area contributed by atoms with E-state index in [9.17, 15) is 4.79 Å². The van der Waals surface area contributed by atoms with Crippen LogP contribution in [0, 0.1) is 0 Å². The van der Waals surface area contributed by atoms with Crippen LogP contribution in [0.4, 0.5) is 0 Å². The van der Waals surface area contributed by atoms with Crippen LogP contribution in [0.5, 0.6) is 5.75 Å². The first kappa shape index (κ1) is 23.2. The number of amides is 1. The smallest absolute Gasteiger partial charge is 0.223 e. The molecule has 1 N–H and O–H groups in total. The Hall–Kier alpha value is -3.57. The maximum absolute atomic E-state index is 13.3. The summed E-state index contributed by atoms with van der Waals surface area (Å²) in [5.74, 6) is 0.945. The summed E-state index contributed by atoms with van der Waals surface area (Å²) in [5, 5.41) is 1.19. The number of hydrogen-bond donors (Lipinski definition) is 1. The molecule has 0 aliphatic carbocycles. The Balaban J connectivity index is 1.42. The van der Waals surface area contributed by atoms with Gasteiger partial charge in [-0.05, 0) is 40.8 Å². The summed E-state index contributed by atoms with van der Waals surface area (Å²) in [5.41, 5.74) is 5.86. The van der Waals surface area contributed by atoms with E-state index in [0.717, 1.165) is 34.4 Å². The van der Waals surface area contributed by atoms with Gasteiger partial charge in [-0.1, -0.05) is 67.6 Å². The third-order valence-corrected chi connectivity index (χ3v) is 6.86. The van der Waals surface area contributed by atoms with E-state index in [4.69, 9.17) is 9.47 Å². The summed E-state index contributed by atoms with van der Waals surface area (Å²) >= 11 is 0. The van der Waals surface area contributed by atoms with Gasteiger partial charge >= 0.3 is 0 Å². The van der Waals surface area contributed by atoms with Gasteiger partial charge in [-0.3, -0.25) is 4.79 Å². The monoisotopic (exact) mass is 468 g/mol. The number of carbonyl (C=O) groups excluding carboxylic acids is 1. The van der Waals surface area contributed by atoms with Crippen LogP contribution in [0.2, 0.25) is 0 Å². The van der Waals surface area contributed by atoms with Crippen molar-refractivity contribution in [1.29, 1.82) is 0 Å². The number of para-hydroxylation sites is 1. The van der Waals surface area contributed by atoms with Crippen LogP contribution >= 0.6 is 0 Å². The molecule has 5 nitrogen and oxygen atoms in total. The number of fused-ring (bicyclic) bond motifs is 1. The van der Waals surface area contributed by atoms with Crippen molar-refractivity contribution in [2.24, 2.45) is 0 Å². The Morgan fingerprint density at radius 3 is 2.51 bits per heavy atom. The number of benzene rings is 3. The number of nitrogens with zero attached hydrogens (tertiary/aromatic N) is 1. The van der Waals surface area contributed by atoms with E-state index >= 15 is 0 Å². The Kier molecular flexibility index (Phi) is 7.15. The predicted molar refractivity (Wildman–Crippen MR) is 139 cm³/mol. The van der Waals surface area contributed by atoms with Crippen molar-refractivity contribution in [3.05, 3.63) is 101 Å². The molecule has 1 aliphatic rings. The molecular formula is C30H32N2O3. The average Bonchev–Trinajstić information content (AvgIpc) is 3.36. The fraction of sp³-hybridized carbons (Fsp3) is 0.300. The van der Waals surface area contributed by atoms with Crippen molar-refractivity contribution in [3.8, 4) is 5.75 Å². The van der Waals surface area contributed by atoms with E-state index in [1.54, 1.807) is 0 Å². The molecule has 1 amide bonds. The number of hydrogen-bond acceptors (Lipinski definition) is 3. The highest BCUT2D eigenvalue weighted by Crippen LogP contribution is 2.36. The lowest BCUT2D eigenvalue weighted by Gasteiger charge is -2.28. The van der Waals surface area contributed by atoms with Gasteiger partial charge in [-0.25, -0.2) is 0 Å². The summed E-state index contributed by atoms with van der Waals surface area (Å²) in [4.78, 5) is 18.7. The van der Waals surface area contributed by atoms with Gasteiger partial charge in [0.05, 0.1) is 13.2 Å². The molecule has 4 aromatic rings. The number of carbonyl (C=O) groups is 1. The number of aromatic nitrogens is 1. The van der Waals surface area contributed by atoms with E-state index < -0.39 is 0 Å². The first-order valence-corrected chi connectivity index (χ1v) is 12.4. The SMILES string of the molecule is CCc1cccc2c([C@H](CC(=O)N3CCOCC3)c3ccc(OCc4ccccc4)cc3)c[nH]c12. The summed E-state index contributed by atoms with van der Waals surface area (Å²) in [6, 6.07) is 24.8. The van der Waals surface area contributed by atoms with Crippen molar-refractivity contribution >= 4 is 16.8 Å². The molecule has 1 aliphatic heterocycles. The predicted octanol–water partition coefficient (Wildman–Crippen LogP) is 5.69. The summed E-state index contributed by atoms with van der Waals surface area (Å²) in [7, 11) is 0. The molecular weight excluding hydrogens is 436 g/mol. The number of aromatic amines is 1. The number of aryl methyl sites for hydroxylation is 1. The largest absolute Gasteiger partial charge is 0.489 e. The first-order valence-electron chi connectivity index (χ1n) is 12.4. The van der Waals surface area contributed by atoms with Gasteiger partial charge in [0, 0.05) is 42.5 Å². The normalized spacial score (nSPS) is 14.7. The molecule has 1 fully saturated rings. The second-order valence-electron chi connectivity index (χ2n) is 9.03. The van der Waals surface area contributed by atoms with Crippen molar-refractivity contribution in [3.63, 3.8) is 0 Å². The molecule has 0 bridgehead atoms. The molecule has 2 heterocycles. The number of nitrogens with one attached hydrogen (secondary N) is 1. The molecule has 180 valence electrons. The highest BCUT2D eigenvalue weighted by Gasteiger charge is 2.25. The van der Waals surface area contributed by atoms with Crippen LogP contribution in [-0.2, 0) is 22.6 Å². The van der Waals surface area contributed by atoms with Crippen molar-refractivity contribution < 1.29 is 14.3 Å². The Bertz CT molecular complexity index is 1260. The summed E-state index contributed by atoms with van der Waals surface area (Å²) in [6.45, 7) is 5.23. The maximum Gasteiger partial charge on any atom is 0.223 e. The lowest BCUT2D eigenvalue weighted by atomic mass is 9.87.